The largest absolute Gasteiger partial charge is 0.332 e. The Balaban J connectivity index is 3.21. The van der Waals surface area contributed by atoms with Crippen LogP contribution in [0, 0.1) is 17.1 Å². The van der Waals surface area contributed by atoms with Gasteiger partial charge in [0.2, 0.25) is 0 Å². The Bertz CT molecular complexity index is 491. The molecule has 0 aliphatic rings. The lowest BCUT2D eigenvalue weighted by Gasteiger charge is -1.99. The lowest BCUT2D eigenvalue weighted by Crippen LogP contribution is -1.96. The van der Waals surface area contributed by atoms with Gasteiger partial charge in [-0.25, -0.2) is 4.39 Å². The molecule has 14 heavy (non-hydrogen) atoms. The third kappa shape index (κ3) is 2.26. The van der Waals surface area contributed by atoms with Crippen LogP contribution < -0.4 is 0 Å². The highest BCUT2D eigenvalue weighted by molar-refractivity contribution is 7.86. The van der Waals surface area contributed by atoms with E-state index in [0.29, 0.717) is 6.07 Å². The van der Waals surface area contributed by atoms with Crippen molar-refractivity contribution < 1.29 is 16.7 Å². The monoisotopic (exact) mass is 217 g/mol. The van der Waals surface area contributed by atoms with Crippen LogP contribution >= 0.6 is 0 Å². The molecule has 0 radical (unpaired) electrons. The average molecular weight is 217 g/mol. The van der Waals surface area contributed by atoms with Crippen molar-refractivity contribution >= 4 is 10.2 Å². The van der Waals surface area contributed by atoms with E-state index in [1.54, 1.807) is 6.07 Å². The predicted molar refractivity (Wildman–Crippen MR) is 44.0 cm³/mol. The summed E-state index contributed by atoms with van der Waals surface area (Å²) in [6.45, 7) is 0. The molecule has 1 aromatic rings. The minimum atomic E-state index is -4.88. The zero-order valence-corrected chi connectivity index (χ0v) is 7.68. The number of hydrogen-bond acceptors (Lipinski definition) is 3. The lowest BCUT2D eigenvalue weighted by molar-refractivity contribution is 0.548. The van der Waals surface area contributed by atoms with Gasteiger partial charge in [-0.3, -0.25) is 0 Å². The summed E-state index contributed by atoms with van der Waals surface area (Å²) in [5.41, 5.74) is 0.0416. The normalized spacial score (nSPS) is 10.9. The summed E-state index contributed by atoms with van der Waals surface area (Å²) in [7, 11) is -4.88. The summed E-state index contributed by atoms with van der Waals surface area (Å²) in [6, 6.07) is 4.25. The summed E-state index contributed by atoms with van der Waals surface area (Å²) < 4.78 is 46.1. The number of hydrogen-bond donors (Lipinski definition) is 0. The van der Waals surface area contributed by atoms with Crippen molar-refractivity contribution in [3.63, 3.8) is 0 Å². The Labute approximate surface area is 79.8 Å². The Morgan fingerprint density at radius 1 is 1.43 bits per heavy atom. The van der Waals surface area contributed by atoms with Crippen LogP contribution in [0.3, 0.4) is 0 Å². The smallest absolute Gasteiger partial charge is 0.207 e. The van der Waals surface area contributed by atoms with Crippen molar-refractivity contribution in [1.29, 1.82) is 5.26 Å². The molecule has 0 saturated carbocycles. The van der Waals surface area contributed by atoms with Gasteiger partial charge in [0.1, 0.15) is 10.7 Å². The van der Waals surface area contributed by atoms with Gasteiger partial charge in [0, 0.05) is 5.56 Å². The summed E-state index contributed by atoms with van der Waals surface area (Å²) >= 11 is 0. The molecule has 3 nitrogen and oxygen atoms in total. The van der Waals surface area contributed by atoms with Crippen molar-refractivity contribution in [3.8, 4) is 6.07 Å². The van der Waals surface area contributed by atoms with Crippen LogP contribution in [0.2, 0.25) is 0 Å². The molecule has 6 heteroatoms. The second-order valence-electron chi connectivity index (χ2n) is 2.53. The maximum Gasteiger partial charge on any atom is 0.332 e. The van der Waals surface area contributed by atoms with Crippen molar-refractivity contribution in [3.05, 3.63) is 29.6 Å². The maximum absolute atomic E-state index is 13.0. The van der Waals surface area contributed by atoms with E-state index < -0.39 is 20.9 Å². The molecular formula is C8H5F2NO2S. The highest BCUT2D eigenvalue weighted by atomic mass is 32.3. The second-order valence-corrected chi connectivity index (χ2v) is 3.87. The highest BCUT2D eigenvalue weighted by Crippen LogP contribution is 2.16. The molecule has 0 unspecified atom stereocenters. The molecule has 74 valence electrons. The van der Waals surface area contributed by atoms with Gasteiger partial charge in [-0.2, -0.15) is 13.7 Å². The van der Waals surface area contributed by atoms with E-state index in [0.717, 1.165) is 12.1 Å². The van der Waals surface area contributed by atoms with Gasteiger partial charge in [0.15, 0.2) is 0 Å². The number of nitriles is 1. The Kier molecular flexibility index (Phi) is 2.81. The molecule has 0 fully saturated rings. The molecule has 0 aromatic heterocycles. The SMILES string of the molecule is N#CCc1ccc(S(=O)(=O)F)cc1F. The van der Waals surface area contributed by atoms with Gasteiger partial charge in [0.05, 0.1) is 12.5 Å². The van der Waals surface area contributed by atoms with Crippen LogP contribution in [0.1, 0.15) is 5.56 Å². The molecular weight excluding hydrogens is 212 g/mol. The van der Waals surface area contributed by atoms with Crippen LogP contribution in [0.25, 0.3) is 0 Å². The van der Waals surface area contributed by atoms with Gasteiger partial charge < -0.3 is 0 Å². The van der Waals surface area contributed by atoms with E-state index >= 15 is 0 Å². The molecule has 0 atom stereocenters. The van der Waals surface area contributed by atoms with Crippen LogP contribution in [0.5, 0.6) is 0 Å². The molecule has 0 aliphatic heterocycles. The van der Waals surface area contributed by atoms with Crippen molar-refractivity contribution in [2.45, 2.75) is 11.3 Å². The highest BCUT2D eigenvalue weighted by Gasteiger charge is 2.14. The van der Waals surface area contributed by atoms with Gasteiger partial charge in [0.25, 0.3) is 0 Å². The van der Waals surface area contributed by atoms with E-state index in [9.17, 15) is 16.7 Å². The minimum absolute atomic E-state index is 0.0416. The number of halogens is 2. The summed E-state index contributed by atoms with van der Waals surface area (Å²) in [4.78, 5) is -0.739. The second kappa shape index (κ2) is 3.72. The molecule has 0 saturated heterocycles. The Morgan fingerprint density at radius 2 is 2.07 bits per heavy atom. The van der Waals surface area contributed by atoms with Gasteiger partial charge in [-0.15, -0.1) is 3.89 Å². The molecule has 0 heterocycles. The fraction of sp³-hybridized carbons (Fsp3) is 0.125. The van der Waals surface area contributed by atoms with E-state index in [4.69, 9.17) is 5.26 Å². The number of nitrogens with zero attached hydrogens (tertiary/aromatic N) is 1. The van der Waals surface area contributed by atoms with Crippen LogP contribution in [0.4, 0.5) is 8.28 Å². The van der Waals surface area contributed by atoms with Gasteiger partial charge >= 0.3 is 10.2 Å². The first-order chi connectivity index (χ1) is 6.45. The maximum atomic E-state index is 13.0. The van der Waals surface area contributed by atoms with Crippen molar-refractivity contribution in [2.24, 2.45) is 0 Å². The Hall–Kier alpha value is -1.48. The quantitative estimate of drug-likeness (QED) is 0.706. The third-order valence-corrected chi connectivity index (χ3v) is 2.39. The molecule has 0 bridgehead atoms. The fourth-order valence-electron chi connectivity index (χ4n) is 0.908. The third-order valence-electron chi connectivity index (χ3n) is 1.58. The topological polar surface area (TPSA) is 57.9 Å². The van der Waals surface area contributed by atoms with Crippen LogP contribution in [-0.4, -0.2) is 8.42 Å². The summed E-state index contributed by atoms with van der Waals surface area (Å²) in [5, 5.41) is 8.26. The molecule has 1 aromatic carbocycles. The average Bonchev–Trinajstić information content (AvgIpc) is 2.07. The number of rotatable bonds is 2. The summed E-state index contributed by atoms with van der Waals surface area (Å²) in [5.74, 6) is -0.898. The van der Waals surface area contributed by atoms with Crippen LogP contribution in [0.15, 0.2) is 23.1 Å². The standard InChI is InChI=1S/C8H5F2NO2S/c9-8-5-7(14(10,12)13)2-1-6(8)3-4-11/h1-2,5H,3H2. The molecule has 0 aliphatic carbocycles. The summed E-state index contributed by atoms with van der Waals surface area (Å²) in [6.07, 6.45) is -0.182. The fourth-order valence-corrected chi connectivity index (χ4v) is 1.38. The van der Waals surface area contributed by atoms with E-state index in [1.165, 1.54) is 0 Å². The minimum Gasteiger partial charge on any atom is -0.207 e. The van der Waals surface area contributed by atoms with Gasteiger partial charge in [-0.1, -0.05) is 6.07 Å². The molecule has 0 amide bonds. The first-order valence-electron chi connectivity index (χ1n) is 3.55. The van der Waals surface area contributed by atoms with Crippen molar-refractivity contribution in [1.82, 2.24) is 0 Å². The molecule has 1 rings (SSSR count). The first-order valence-corrected chi connectivity index (χ1v) is 4.93. The van der Waals surface area contributed by atoms with E-state index in [-0.39, 0.29) is 12.0 Å². The van der Waals surface area contributed by atoms with Crippen LogP contribution in [-0.2, 0) is 16.6 Å². The van der Waals surface area contributed by atoms with Gasteiger partial charge in [-0.05, 0) is 12.1 Å². The zero-order chi connectivity index (χ0) is 10.8. The Morgan fingerprint density at radius 3 is 2.50 bits per heavy atom. The first kappa shape index (κ1) is 10.6. The zero-order valence-electron chi connectivity index (χ0n) is 6.87. The molecule has 0 N–H and O–H groups in total. The molecule has 0 spiro atoms. The van der Waals surface area contributed by atoms with Crippen molar-refractivity contribution in [2.75, 3.05) is 0 Å². The number of benzene rings is 1. The van der Waals surface area contributed by atoms with E-state index in [2.05, 4.69) is 0 Å². The predicted octanol–water partition coefficient (Wildman–Crippen LogP) is 1.55. The van der Waals surface area contributed by atoms with E-state index in [1.807, 2.05) is 0 Å². The lowest BCUT2D eigenvalue weighted by atomic mass is 10.1.